The molecule has 0 aliphatic heterocycles. The number of amides is 1. The summed E-state index contributed by atoms with van der Waals surface area (Å²) in [7, 11) is 1.54. The van der Waals surface area contributed by atoms with Gasteiger partial charge in [-0.25, -0.2) is 9.18 Å². The maximum absolute atomic E-state index is 13.5. The number of thiophene rings is 1. The normalized spacial score (nSPS) is 10.3. The fraction of sp³-hybridized carbons (Fsp3) is 0.250. The van der Waals surface area contributed by atoms with E-state index < -0.39 is 5.97 Å². The molecular formula is C16H16FNO3S. The number of hydrogen-bond donors (Lipinski definition) is 0. The Balaban J connectivity index is 1.86. The van der Waals surface area contributed by atoms with E-state index in [0.717, 1.165) is 4.88 Å². The van der Waals surface area contributed by atoms with Gasteiger partial charge in [-0.1, -0.05) is 18.2 Å². The molecule has 0 radical (unpaired) electrons. The summed E-state index contributed by atoms with van der Waals surface area (Å²) in [5.41, 5.74) is 0.415. The zero-order valence-electron chi connectivity index (χ0n) is 12.3. The lowest BCUT2D eigenvalue weighted by Crippen LogP contribution is -2.31. The third kappa shape index (κ3) is 4.14. The van der Waals surface area contributed by atoms with Crippen molar-refractivity contribution in [3.63, 3.8) is 0 Å². The highest BCUT2D eigenvalue weighted by Crippen LogP contribution is 2.16. The van der Waals surface area contributed by atoms with Gasteiger partial charge in [-0.3, -0.25) is 4.79 Å². The Kier molecular flexibility index (Phi) is 5.27. The van der Waals surface area contributed by atoms with E-state index in [1.54, 1.807) is 24.3 Å². The number of halogens is 1. The van der Waals surface area contributed by atoms with Crippen LogP contribution < -0.4 is 0 Å². The summed E-state index contributed by atoms with van der Waals surface area (Å²) < 4.78 is 18.5. The van der Waals surface area contributed by atoms with Crippen molar-refractivity contribution in [2.24, 2.45) is 0 Å². The second-order valence-electron chi connectivity index (χ2n) is 4.83. The summed E-state index contributed by atoms with van der Waals surface area (Å²) in [5, 5.41) is 0. The molecule has 22 heavy (non-hydrogen) atoms. The van der Waals surface area contributed by atoms with Crippen molar-refractivity contribution >= 4 is 23.2 Å². The molecule has 0 saturated heterocycles. The Hall–Kier alpha value is -2.21. The summed E-state index contributed by atoms with van der Waals surface area (Å²) in [5.74, 6) is -1.27. The van der Waals surface area contributed by atoms with Crippen LogP contribution in [-0.2, 0) is 16.1 Å². The van der Waals surface area contributed by atoms with Crippen LogP contribution in [0.5, 0.6) is 0 Å². The van der Waals surface area contributed by atoms with Gasteiger partial charge in [-0.2, -0.15) is 0 Å². The minimum absolute atomic E-state index is 0.126. The highest BCUT2D eigenvalue weighted by molar-refractivity contribution is 7.13. The molecule has 0 aliphatic carbocycles. The fourth-order valence-electron chi connectivity index (χ4n) is 1.82. The predicted octanol–water partition coefficient (Wildman–Crippen LogP) is 3.01. The first-order chi connectivity index (χ1) is 10.5. The molecule has 1 amide bonds. The van der Waals surface area contributed by atoms with Crippen LogP contribution in [0.3, 0.4) is 0 Å². The van der Waals surface area contributed by atoms with Crippen molar-refractivity contribution < 1.29 is 18.7 Å². The number of carbonyl (C=O) groups excluding carboxylic acids is 2. The molecule has 2 aromatic rings. The van der Waals surface area contributed by atoms with Gasteiger partial charge in [0.15, 0.2) is 6.61 Å². The first kappa shape index (κ1) is 16.2. The van der Waals surface area contributed by atoms with Gasteiger partial charge in [0.05, 0.1) is 0 Å². The summed E-state index contributed by atoms with van der Waals surface area (Å²) in [6.07, 6.45) is 0. The molecule has 2 rings (SSSR count). The first-order valence-electron chi connectivity index (χ1n) is 6.68. The summed E-state index contributed by atoms with van der Waals surface area (Å²) in [6, 6.07) is 9.72. The number of benzene rings is 1. The van der Waals surface area contributed by atoms with Crippen LogP contribution in [0.25, 0.3) is 0 Å². The molecule has 6 heteroatoms. The van der Waals surface area contributed by atoms with Gasteiger partial charge in [0.2, 0.25) is 0 Å². The predicted molar refractivity (Wildman–Crippen MR) is 82.2 cm³/mol. The number of esters is 1. The van der Waals surface area contributed by atoms with E-state index in [1.165, 1.54) is 29.4 Å². The third-order valence-electron chi connectivity index (χ3n) is 3.06. The minimum atomic E-state index is -0.522. The molecule has 0 saturated carbocycles. The zero-order valence-corrected chi connectivity index (χ0v) is 13.2. The van der Waals surface area contributed by atoms with E-state index in [1.807, 2.05) is 13.0 Å². The third-order valence-corrected chi connectivity index (χ3v) is 4.04. The molecule has 4 nitrogen and oxygen atoms in total. The van der Waals surface area contributed by atoms with Gasteiger partial charge in [-0.05, 0) is 25.1 Å². The summed E-state index contributed by atoms with van der Waals surface area (Å²) >= 11 is 1.31. The van der Waals surface area contributed by atoms with Crippen molar-refractivity contribution in [2.75, 3.05) is 13.7 Å². The SMILES string of the molecule is Cc1ccc(C(=O)OCC(=O)N(C)Cc2ccccc2F)s1. The van der Waals surface area contributed by atoms with Gasteiger partial charge in [0, 0.05) is 24.0 Å². The first-order valence-corrected chi connectivity index (χ1v) is 7.50. The maximum Gasteiger partial charge on any atom is 0.348 e. The maximum atomic E-state index is 13.5. The second-order valence-corrected chi connectivity index (χ2v) is 6.12. The number of carbonyl (C=O) groups is 2. The Bertz CT molecular complexity index is 684. The van der Waals surface area contributed by atoms with E-state index >= 15 is 0 Å². The van der Waals surface area contributed by atoms with Gasteiger partial charge < -0.3 is 9.64 Å². The Morgan fingerprint density at radius 2 is 1.95 bits per heavy atom. The van der Waals surface area contributed by atoms with Crippen LogP contribution >= 0.6 is 11.3 Å². The Labute approximate surface area is 132 Å². The van der Waals surface area contributed by atoms with Crippen molar-refractivity contribution in [1.82, 2.24) is 4.90 Å². The van der Waals surface area contributed by atoms with Gasteiger partial charge >= 0.3 is 5.97 Å². The largest absolute Gasteiger partial charge is 0.451 e. The summed E-state index contributed by atoms with van der Waals surface area (Å²) in [6.45, 7) is 1.65. The van der Waals surface area contributed by atoms with E-state index in [4.69, 9.17) is 4.74 Å². The number of likely N-dealkylation sites (N-methyl/N-ethyl adjacent to an activating group) is 1. The second kappa shape index (κ2) is 7.17. The number of nitrogens with zero attached hydrogens (tertiary/aromatic N) is 1. The lowest BCUT2D eigenvalue weighted by atomic mass is 10.2. The number of aryl methyl sites for hydroxylation is 1. The van der Waals surface area contributed by atoms with Crippen molar-refractivity contribution in [3.05, 3.63) is 57.5 Å². The topological polar surface area (TPSA) is 46.6 Å². The lowest BCUT2D eigenvalue weighted by molar-refractivity contribution is -0.133. The van der Waals surface area contributed by atoms with Crippen LogP contribution in [0.2, 0.25) is 0 Å². The van der Waals surface area contributed by atoms with E-state index in [2.05, 4.69) is 0 Å². The van der Waals surface area contributed by atoms with Crippen LogP contribution in [0.1, 0.15) is 20.1 Å². The average molecular weight is 321 g/mol. The molecule has 0 fully saturated rings. The van der Waals surface area contributed by atoms with Gasteiger partial charge in [0.25, 0.3) is 5.91 Å². The van der Waals surface area contributed by atoms with Crippen LogP contribution in [0.4, 0.5) is 4.39 Å². The highest BCUT2D eigenvalue weighted by atomic mass is 32.1. The highest BCUT2D eigenvalue weighted by Gasteiger charge is 2.15. The fourth-order valence-corrected chi connectivity index (χ4v) is 2.58. The lowest BCUT2D eigenvalue weighted by Gasteiger charge is -2.17. The van der Waals surface area contributed by atoms with Crippen LogP contribution in [-0.4, -0.2) is 30.4 Å². The molecule has 1 heterocycles. The molecular weight excluding hydrogens is 305 g/mol. The van der Waals surface area contributed by atoms with Gasteiger partial charge in [0.1, 0.15) is 10.7 Å². The van der Waals surface area contributed by atoms with Crippen molar-refractivity contribution in [2.45, 2.75) is 13.5 Å². The molecule has 0 aliphatic rings. The zero-order chi connectivity index (χ0) is 16.1. The van der Waals surface area contributed by atoms with Crippen LogP contribution in [0, 0.1) is 12.7 Å². The number of ether oxygens (including phenoxy) is 1. The van der Waals surface area contributed by atoms with E-state index in [-0.39, 0.29) is 24.9 Å². The monoisotopic (exact) mass is 321 g/mol. The number of hydrogen-bond acceptors (Lipinski definition) is 4. The Morgan fingerprint density at radius 3 is 2.59 bits per heavy atom. The molecule has 0 spiro atoms. The van der Waals surface area contributed by atoms with E-state index in [0.29, 0.717) is 10.4 Å². The molecule has 0 bridgehead atoms. The number of rotatable bonds is 5. The molecule has 1 aromatic heterocycles. The quantitative estimate of drug-likeness (QED) is 0.795. The van der Waals surface area contributed by atoms with Crippen molar-refractivity contribution in [1.29, 1.82) is 0 Å². The molecule has 1 aromatic carbocycles. The molecule has 0 unspecified atom stereocenters. The Morgan fingerprint density at radius 1 is 1.23 bits per heavy atom. The molecule has 0 N–H and O–H groups in total. The smallest absolute Gasteiger partial charge is 0.348 e. The minimum Gasteiger partial charge on any atom is -0.451 e. The van der Waals surface area contributed by atoms with Gasteiger partial charge in [-0.15, -0.1) is 11.3 Å². The standard InChI is InChI=1S/C16H16FNO3S/c1-11-7-8-14(22-11)16(20)21-10-15(19)18(2)9-12-5-3-4-6-13(12)17/h3-8H,9-10H2,1-2H3. The van der Waals surface area contributed by atoms with Crippen LogP contribution in [0.15, 0.2) is 36.4 Å². The average Bonchev–Trinajstić information content (AvgIpc) is 2.93. The van der Waals surface area contributed by atoms with Crippen molar-refractivity contribution in [3.8, 4) is 0 Å². The van der Waals surface area contributed by atoms with E-state index in [9.17, 15) is 14.0 Å². The molecule has 0 atom stereocenters. The molecule has 116 valence electrons. The summed E-state index contributed by atoms with van der Waals surface area (Å²) in [4.78, 5) is 26.5.